The summed E-state index contributed by atoms with van der Waals surface area (Å²) in [6.07, 6.45) is 0. The smallest absolute Gasteiger partial charge is 0.264 e. The molecule has 2 rings (SSSR count). The van der Waals surface area contributed by atoms with Crippen molar-refractivity contribution in [2.24, 2.45) is 0 Å². The van der Waals surface area contributed by atoms with Crippen molar-refractivity contribution < 1.29 is 13.6 Å². The highest BCUT2D eigenvalue weighted by atomic mass is 19.1. The van der Waals surface area contributed by atoms with E-state index in [2.05, 4.69) is 15.5 Å². The summed E-state index contributed by atoms with van der Waals surface area (Å²) in [6, 6.07) is 3.83. The van der Waals surface area contributed by atoms with E-state index in [1.807, 2.05) is 0 Å². The number of nitrogen functional groups attached to an aromatic ring is 1. The molecular weight excluding hydrogens is 258 g/mol. The molecule has 0 bridgehead atoms. The average molecular weight is 266 g/mol. The van der Waals surface area contributed by atoms with E-state index in [1.165, 1.54) is 6.07 Å². The number of amides is 1. The topological polar surface area (TPSA) is 101 Å². The molecule has 6 nitrogen and oxygen atoms in total. The SMILES string of the molecule is Nc1cc(F)cc(C(=O)Nc2ccc(=O)[nH]n2)c1F. The number of aromatic amines is 1. The minimum absolute atomic E-state index is 0.00756. The molecule has 19 heavy (non-hydrogen) atoms. The molecule has 0 spiro atoms. The maximum absolute atomic E-state index is 13.6. The van der Waals surface area contributed by atoms with Gasteiger partial charge in [-0.25, -0.2) is 13.9 Å². The fraction of sp³-hybridized carbons (Fsp3) is 0. The molecule has 1 amide bonds. The molecule has 0 atom stereocenters. The Morgan fingerprint density at radius 3 is 2.68 bits per heavy atom. The van der Waals surface area contributed by atoms with Gasteiger partial charge in [0.15, 0.2) is 11.6 Å². The predicted octanol–water partition coefficient (Wildman–Crippen LogP) is 0.883. The van der Waals surface area contributed by atoms with Gasteiger partial charge in [-0.1, -0.05) is 0 Å². The number of benzene rings is 1. The number of halogens is 2. The Labute approximate surface area is 105 Å². The molecule has 98 valence electrons. The van der Waals surface area contributed by atoms with Crippen LogP contribution < -0.4 is 16.6 Å². The Hall–Kier alpha value is -2.77. The molecule has 0 saturated carbocycles. The molecule has 0 radical (unpaired) electrons. The van der Waals surface area contributed by atoms with Crippen LogP contribution in [0.3, 0.4) is 0 Å². The summed E-state index contributed by atoms with van der Waals surface area (Å²) >= 11 is 0. The minimum atomic E-state index is -1.02. The molecule has 0 aliphatic carbocycles. The second-order valence-corrected chi connectivity index (χ2v) is 3.62. The Morgan fingerprint density at radius 1 is 1.32 bits per heavy atom. The molecule has 0 fully saturated rings. The zero-order valence-corrected chi connectivity index (χ0v) is 9.41. The molecule has 0 saturated heterocycles. The van der Waals surface area contributed by atoms with Gasteiger partial charge in [0.1, 0.15) is 5.82 Å². The van der Waals surface area contributed by atoms with Gasteiger partial charge in [-0.3, -0.25) is 9.59 Å². The summed E-state index contributed by atoms with van der Waals surface area (Å²) in [5.41, 5.74) is 3.73. The number of anilines is 2. The van der Waals surface area contributed by atoms with Crippen LogP contribution in [0.4, 0.5) is 20.3 Å². The lowest BCUT2D eigenvalue weighted by molar-refractivity contribution is 0.102. The van der Waals surface area contributed by atoms with E-state index in [-0.39, 0.29) is 5.82 Å². The van der Waals surface area contributed by atoms with Crippen LogP contribution in [0, 0.1) is 11.6 Å². The maximum atomic E-state index is 13.6. The van der Waals surface area contributed by atoms with E-state index in [0.29, 0.717) is 6.07 Å². The highest BCUT2D eigenvalue weighted by molar-refractivity contribution is 6.04. The largest absolute Gasteiger partial charge is 0.396 e. The highest BCUT2D eigenvalue weighted by Crippen LogP contribution is 2.18. The van der Waals surface area contributed by atoms with Gasteiger partial charge in [0, 0.05) is 6.07 Å². The standard InChI is InChI=1S/C11H8F2N4O2/c12-5-3-6(10(13)7(14)4-5)11(19)15-8-1-2-9(18)17-16-8/h1-4H,14H2,(H,17,18)(H,15,16,19). The third-order valence-electron chi connectivity index (χ3n) is 2.23. The fourth-order valence-corrected chi connectivity index (χ4v) is 1.37. The highest BCUT2D eigenvalue weighted by Gasteiger charge is 2.16. The number of aromatic nitrogens is 2. The fourth-order valence-electron chi connectivity index (χ4n) is 1.37. The van der Waals surface area contributed by atoms with E-state index in [4.69, 9.17) is 5.73 Å². The lowest BCUT2D eigenvalue weighted by atomic mass is 10.1. The van der Waals surface area contributed by atoms with Crippen LogP contribution in [0.1, 0.15) is 10.4 Å². The van der Waals surface area contributed by atoms with Crippen LogP contribution in [0.15, 0.2) is 29.1 Å². The van der Waals surface area contributed by atoms with Crippen LogP contribution >= 0.6 is 0 Å². The number of nitrogens with zero attached hydrogens (tertiary/aromatic N) is 1. The number of nitrogens with one attached hydrogen (secondary N) is 2. The molecule has 0 unspecified atom stereocenters. The summed E-state index contributed by atoms with van der Waals surface area (Å²) in [5.74, 6) is -2.79. The summed E-state index contributed by atoms with van der Waals surface area (Å²) < 4.78 is 26.6. The van der Waals surface area contributed by atoms with E-state index < -0.39 is 34.4 Å². The van der Waals surface area contributed by atoms with E-state index in [1.54, 1.807) is 0 Å². The molecule has 1 aromatic carbocycles. The lowest BCUT2D eigenvalue weighted by Gasteiger charge is -2.06. The van der Waals surface area contributed by atoms with Crippen LogP contribution in [-0.2, 0) is 0 Å². The Balaban J connectivity index is 2.30. The van der Waals surface area contributed by atoms with E-state index >= 15 is 0 Å². The quantitative estimate of drug-likeness (QED) is 0.702. The second kappa shape index (κ2) is 4.84. The number of carbonyl (C=O) groups excluding carboxylic acids is 1. The number of rotatable bonds is 2. The summed E-state index contributed by atoms with van der Waals surface area (Å²) in [6.45, 7) is 0. The van der Waals surface area contributed by atoms with Crippen molar-refractivity contribution in [3.8, 4) is 0 Å². The molecule has 2 aromatic rings. The summed E-state index contributed by atoms with van der Waals surface area (Å²) in [7, 11) is 0. The Morgan fingerprint density at radius 2 is 2.05 bits per heavy atom. The third kappa shape index (κ3) is 2.73. The first kappa shape index (κ1) is 12.7. The number of carbonyl (C=O) groups is 1. The molecule has 0 aliphatic heterocycles. The first-order chi connectivity index (χ1) is 8.97. The molecular formula is C11H8F2N4O2. The van der Waals surface area contributed by atoms with Crippen LogP contribution in [0.25, 0.3) is 0 Å². The van der Waals surface area contributed by atoms with Gasteiger partial charge >= 0.3 is 0 Å². The van der Waals surface area contributed by atoms with Gasteiger partial charge in [-0.05, 0) is 18.2 Å². The summed E-state index contributed by atoms with van der Waals surface area (Å²) in [4.78, 5) is 22.5. The van der Waals surface area contributed by atoms with E-state index in [9.17, 15) is 18.4 Å². The zero-order chi connectivity index (χ0) is 14.0. The molecule has 4 N–H and O–H groups in total. The first-order valence-electron chi connectivity index (χ1n) is 5.09. The number of hydrogen-bond acceptors (Lipinski definition) is 4. The normalized spacial score (nSPS) is 10.2. The molecule has 1 aromatic heterocycles. The van der Waals surface area contributed by atoms with Crippen LogP contribution in [-0.4, -0.2) is 16.1 Å². The Kier molecular flexibility index (Phi) is 3.23. The Bertz CT molecular complexity index is 679. The van der Waals surface area contributed by atoms with Crippen molar-refractivity contribution in [2.45, 2.75) is 0 Å². The van der Waals surface area contributed by atoms with Crippen LogP contribution in [0.5, 0.6) is 0 Å². The van der Waals surface area contributed by atoms with E-state index in [0.717, 1.165) is 12.1 Å². The molecule has 0 aliphatic rings. The van der Waals surface area contributed by atoms with Crippen molar-refractivity contribution in [2.75, 3.05) is 11.1 Å². The maximum Gasteiger partial charge on any atom is 0.264 e. The van der Waals surface area contributed by atoms with Crippen molar-refractivity contribution in [3.63, 3.8) is 0 Å². The van der Waals surface area contributed by atoms with Crippen molar-refractivity contribution in [1.82, 2.24) is 10.2 Å². The lowest BCUT2D eigenvalue weighted by Crippen LogP contribution is -2.17. The van der Waals surface area contributed by atoms with Crippen molar-refractivity contribution in [1.29, 1.82) is 0 Å². The number of nitrogens with two attached hydrogens (primary N) is 1. The molecule has 1 heterocycles. The minimum Gasteiger partial charge on any atom is -0.396 e. The number of H-pyrrole nitrogens is 1. The summed E-state index contributed by atoms with van der Waals surface area (Å²) in [5, 5.41) is 7.78. The van der Waals surface area contributed by atoms with Crippen molar-refractivity contribution >= 4 is 17.4 Å². The predicted molar refractivity (Wildman–Crippen MR) is 63.6 cm³/mol. The number of hydrogen-bond donors (Lipinski definition) is 3. The first-order valence-corrected chi connectivity index (χ1v) is 5.09. The molecule has 8 heteroatoms. The van der Waals surface area contributed by atoms with Gasteiger partial charge in [-0.2, -0.15) is 5.10 Å². The average Bonchev–Trinajstić information content (AvgIpc) is 2.36. The van der Waals surface area contributed by atoms with Gasteiger partial charge in [0.05, 0.1) is 11.3 Å². The van der Waals surface area contributed by atoms with Gasteiger partial charge in [0.25, 0.3) is 11.5 Å². The van der Waals surface area contributed by atoms with Crippen LogP contribution in [0.2, 0.25) is 0 Å². The van der Waals surface area contributed by atoms with Crippen molar-refractivity contribution in [3.05, 3.63) is 51.8 Å². The third-order valence-corrected chi connectivity index (χ3v) is 2.23. The second-order valence-electron chi connectivity index (χ2n) is 3.62. The van der Waals surface area contributed by atoms with Gasteiger partial charge in [0.2, 0.25) is 0 Å². The van der Waals surface area contributed by atoms with Gasteiger partial charge < -0.3 is 11.1 Å². The monoisotopic (exact) mass is 266 g/mol. The van der Waals surface area contributed by atoms with Gasteiger partial charge in [-0.15, -0.1) is 0 Å². The zero-order valence-electron chi connectivity index (χ0n) is 9.41.